The summed E-state index contributed by atoms with van der Waals surface area (Å²) in [5.41, 5.74) is 4.08. The zero-order valence-electron chi connectivity index (χ0n) is 9.61. The minimum absolute atomic E-state index is 0.600. The van der Waals surface area contributed by atoms with E-state index in [0.717, 1.165) is 22.6 Å². The van der Waals surface area contributed by atoms with Gasteiger partial charge < -0.3 is 4.98 Å². The van der Waals surface area contributed by atoms with Gasteiger partial charge in [0.25, 0.3) is 0 Å². The van der Waals surface area contributed by atoms with Gasteiger partial charge in [-0.25, -0.2) is 4.98 Å². The van der Waals surface area contributed by atoms with Crippen LogP contribution in [-0.4, -0.2) is 9.97 Å². The Morgan fingerprint density at radius 3 is 2.82 bits per heavy atom. The lowest BCUT2D eigenvalue weighted by Gasteiger charge is -2.05. The minimum atomic E-state index is 0.600. The molecule has 0 aliphatic rings. The van der Waals surface area contributed by atoms with Crippen LogP contribution in [0.5, 0.6) is 0 Å². The number of nitrogens with zero attached hydrogens (tertiary/aromatic N) is 2. The molecule has 1 aromatic heterocycles. The number of hydrogen-bond acceptors (Lipinski definition) is 3. The van der Waals surface area contributed by atoms with Crippen LogP contribution in [0, 0.1) is 29.8 Å². The first-order chi connectivity index (χ1) is 8.11. The van der Waals surface area contributed by atoms with E-state index in [1.165, 1.54) is 0 Å². The van der Waals surface area contributed by atoms with Crippen LogP contribution in [0.15, 0.2) is 24.3 Å². The molecular formula is C13H11N3S. The second-order valence-corrected chi connectivity index (χ2v) is 4.23. The van der Waals surface area contributed by atoms with E-state index in [2.05, 4.69) is 16.0 Å². The maximum atomic E-state index is 8.87. The van der Waals surface area contributed by atoms with Crippen molar-refractivity contribution in [2.45, 2.75) is 13.8 Å². The van der Waals surface area contributed by atoms with Crippen LogP contribution in [0.3, 0.4) is 0 Å². The molecule has 2 aromatic rings. The summed E-state index contributed by atoms with van der Waals surface area (Å²) in [5, 5.41) is 8.87. The standard InChI is InChI=1S/C13H11N3S/c1-8-9(2)16-13(17)12(15-8)11-5-3-4-10(6-11)7-14/h3-6H,1-2H3,(H,16,17). The number of aryl methyl sites for hydroxylation is 2. The average Bonchev–Trinajstić information content (AvgIpc) is 2.34. The number of nitrogens with one attached hydrogen (secondary N) is 1. The molecule has 0 aliphatic heterocycles. The van der Waals surface area contributed by atoms with Gasteiger partial charge in [0.1, 0.15) is 10.3 Å². The molecule has 0 bridgehead atoms. The molecule has 0 atom stereocenters. The summed E-state index contributed by atoms with van der Waals surface area (Å²) in [6, 6.07) is 9.40. The van der Waals surface area contributed by atoms with Gasteiger partial charge in [-0.05, 0) is 26.0 Å². The lowest BCUT2D eigenvalue weighted by Crippen LogP contribution is -1.96. The van der Waals surface area contributed by atoms with Crippen LogP contribution in [0.4, 0.5) is 0 Å². The molecule has 4 heteroatoms. The summed E-state index contributed by atoms with van der Waals surface area (Å²) >= 11 is 5.26. The van der Waals surface area contributed by atoms with E-state index in [1.54, 1.807) is 12.1 Å². The Morgan fingerprint density at radius 1 is 1.35 bits per heavy atom. The Hall–Kier alpha value is -1.99. The van der Waals surface area contributed by atoms with E-state index in [-0.39, 0.29) is 0 Å². The van der Waals surface area contributed by atoms with E-state index in [9.17, 15) is 0 Å². The fraction of sp³-hybridized carbons (Fsp3) is 0.154. The monoisotopic (exact) mass is 241 g/mol. The van der Waals surface area contributed by atoms with E-state index in [0.29, 0.717) is 10.2 Å². The summed E-state index contributed by atoms with van der Waals surface area (Å²) < 4.78 is 0.600. The summed E-state index contributed by atoms with van der Waals surface area (Å²) in [6.45, 7) is 3.87. The van der Waals surface area contributed by atoms with Gasteiger partial charge in [-0.15, -0.1) is 0 Å². The summed E-state index contributed by atoms with van der Waals surface area (Å²) in [5.74, 6) is 0. The van der Waals surface area contributed by atoms with E-state index in [1.807, 2.05) is 26.0 Å². The Balaban J connectivity index is 2.65. The van der Waals surface area contributed by atoms with Crippen LogP contribution >= 0.6 is 12.2 Å². The molecule has 0 saturated carbocycles. The molecule has 1 heterocycles. The third-order valence-corrected chi connectivity index (χ3v) is 2.90. The van der Waals surface area contributed by atoms with Gasteiger partial charge in [-0.1, -0.05) is 24.4 Å². The molecule has 84 valence electrons. The first-order valence-electron chi connectivity index (χ1n) is 5.20. The molecule has 1 aromatic carbocycles. The maximum absolute atomic E-state index is 8.87. The molecule has 0 saturated heterocycles. The number of aromatic amines is 1. The molecule has 3 nitrogen and oxygen atoms in total. The number of benzene rings is 1. The number of rotatable bonds is 1. The second kappa shape index (κ2) is 4.48. The molecule has 0 fully saturated rings. The highest BCUT2D eigenvalue weighted by Crippen LogP contribution is 2.20. The zero-order valence-corrected chi connectivity index (χ0v) is 10.4. The van der Waals surface area contributed by atoms with Gasteiger partial charge in [0.15, 0.2) is 0 Å². The molecule has 0 unspecified atom stereocenters. The van der Waals surface area contributed by atoms with E-state index >= 15 is 0 Å². The lowest BCUT2D eigenvalue weighted by molar-refractivity contribution is 1.04. The molecule has 0 radical (unpaired) electrons. The van der Waals surface area contributed by atoms with Crippen molar-refractivity contribution >= 4 is 12.2 Å². The topological polar surface area (TPSA) is 52.5 Å². The third-order valence-electron chi connectivity index (χ3n) is 2.60. The van der Waals surface area contributed by atoms with Crippen molar-refractivity contribution in [2.75, 3.05) is 0 Å². The highest BCUT2D eigenvalue weighted by Gasteiger charge is 2.05. The first kappa shape index (κ1) is 11.5. The quantitative estimate of drug-likeness (QED) is 0.779. The average molecular weight is 241 g/mol. The minimum Gasteiger partial charge on any atom is -0.347 e. The fourth-order valence-electron chi connectivity index (χ4n) is 1.55. The molecule has 2 rings (SSSR count). The van der Waals surface area contributed by atoms with Crippen LogP contribution in [-0.2, 0) is 0 Å². The highest BCUT2D eigenvalue weighted by molar-refractivity contribution is 7.71. The fourth-order valence-corrected chi connectivity index (χ4v) is 1.87. The van der Waals surface area contributed by atoms with Gasteiger partial charge in [0.05, 0.1) is 17.3 Å². The van der Waals surface area contributed by atoms with Crippen molar-refractivity contribution < 1.29 is 0 Å². The largest absolute Gasteiger partial charge is 0.347 e. The van der Waals surface area contributed by atoms with Crippen LogP contribution in [0.25, 0.3) is 11.3 Å². The Kier molecular flexibility index (Phi) is 3.03. The van der Waals surface area contributed by atoms with Gasteiger partial charge in [-0.2, -0.15) is 5.26 Å². The third kappa shape index (κ3) is 2.24. The van der Waals surface area contributed by atoms with Gasteiger partial charge in [-0.3, -0.25) is 0 Å². The van der Waals surface area contributed by atoms with Crippen molar-refractivity contribution in [1.29, 1.82) is 5.26 Å². The molecule has 0 amide bonds. The number of hydrogen-bond donors (Lipinski definition) is 1. The summed E-state index contributed by atoms with van der Waals surface area (Å²) in [7, 11) is 0. The van der Waals surface area contributed by atoms with E-state index in [4.69, 9.17) is 17.5 Å². The van der Waals surface area contributed by atoms with Crippen LogP contribution in [0.2, 0.25) is 0 Å². The predicted octanol–water partition coefficient (Wildman–Crippen LogP) is 3.29. The second-order valence-electron chi connectivity index (χ2n) is 3.82. The number of aromatic nitrogens is 2. The normalized spacial score (nSPS) is 9.94. The number of nitriles is 1. The van der Waals surface area contributed by atoms with Crippen molar-refractivity contribution in [3.8, 4) is 17.3 Å². The van der Waals surface area contributed by atoms with E-state index < -0.39 is 0 Å². The Bertz CT molecular complexity index is 665. The number of H-pyrrole nitrogens is 1. The van der Waals surface area contributed by atoms with Crippen molar-refractivity contribution in [2.24, 2.45) is 0 Å². The van der Waals surface area contributed by atoms with Gasteiger partial charge in [0, 0.05) is 11.3 Å². The Labute approximate surface area is 105 Å². The Morgan fingerprint density at radius 2 is 2.12 bits per heavy atom. The first-order valence-corrected chi connectivity index (χ1v) is 5.60. The highest BCUT2D eigenvalue weighted by atomic mass is 32.1. The van der Waals surface area contributed by atoms with Gasteiger partial charge >= 0.3 is 0 Å². The lowest BCUT2D eigenvalue weighted by atomic mass is 10.1. The molecule has 0 aliphatic carbocycles. The van der Waals surface area contributed by atoms with Crippen LogP contribution in [0.1, 0.15) is 17.0 Å². The smallest absolute Gasteiger partial charge is 0.130 e. The van der Waals surface area contributed by atoms with Crippen molar-refractivity contribution in [1.82, 2.24) is 9.97 Å². The van der Waals surface area contributed by atoms with Crippen LogP contribution < -0.4 is 0 Å². The van der Waals surface area contributed by atoms with Gasteiger partial charge in [0.2, 0.25) is 0 Å². The molecule has 1 N–H and O–H groups in total. The molecular weight excluding hydrogens is 230 g/mol. The van der Waals surface area contributed by atoms with Crippen molar-refractivity contribution in [3.05, 3.63) is 45.9 Å². The SMILES string of the molecule is Cc1nc(-c2cccc(C#N)c2)c(=S)[nH]c1C. The molecule has 0 spiro atoms. The zero-order chi connectivity index (χ0) is 12.4. The predicted molar refractivity (Wildman–Crippen MR) is 69.0 cm³/mol. The summed E-state index contributed by atoms with van der Waals surface area (Å²) in [4.78, 5) is 7.59. The van der Waals surface area contributed by atoms with Crippen molar-refractivity contribution in [3.63, 3.8) is 0 Å². The maximum Gasteiger partial charge on any atom is 0.130 e. The summed E-state index contributed by atoms with van der Waals surface area (Å²) in [6.07, 6.45) is 0. The molecule has 17 heavy (non-hydrogen) atoms.